The van der Waals surface area contributed by atoms with E-state index in [1.165, 1.54) is 12.5 Å². The van der Waals surface area contributed by atoms with Gasteiger partial charge in [-0.2, -0.15) is 13.2 Å². The van der Waals surface area contributed by atoms with E-state index >= 15 is 0 Å². The van der Waals surface area contributed by atoms with Crippen molar-refractivity contribution in [3.05, 3.63) is 29.3 Å². The molecule has 0 spiro atoms. The number of nitrogen functional groups attached to an aromatic ring is 1. The number of rotatable bonds is 3. The van der Waals surface area contributed by atoms with Crippen LogP contribution in [-0.2, 0) is 6.18 Å². The fourth-order valence-electron chi connectivity index (χ4n) is 2.38. The third kappa shape index (κ3) is 3.69. The van der Waals surface area contributed by atoms with Crippen molar-refractivity contribution in [1.82, 2.24) is 0 Å². The first-order valence-corrected chi connectivity index (χ1v) is 7.48. The summed E-state index contributed by atoms with van der Waals surface area (Å²) in [5.41, 5.74) is 4.87. The lowest BCUT2D eigenvalue weighted by molar-refractivity contribution is -0.137. The molecule has 1 aromatic rings. The fraction of sp³-hybridized carbons (Fsp3) is 0.500. The molecule has 0 radical (unpaired) electrons. The van der Waals surface area contributed by atoms with Gasteiger partial charge in [-0.1, -0.05) is 19.3 Å². The maximum atomic E-state index is 12.7. The zero-order valence-electron chi connectivity index (χ0n) is 11.0. The number of alkyl halides is 3. The van der Waals surface area contributed by atoms with E-state index in [1.54, 1.807) is 11.8 Å². The van der Waals surface area contributed by atoms with Crippen LogP contribution in [0.15, 0.2) is 23.1 Å². The molecule has 6 heteroatoms. The van der Waals surface area contributed by atoms with E-state index < -0.39 is 11.7 Å². The molecular formula is C14H17F3N2S. The number of thioether (sulfide) groups is 1. The Balaban J connectivity index is 2.25. The molecule has 1 saturated carbocycles. The van der Waals surface area contributed by atoms with E-state index in [2.05, 4.69) is 0 Å². The summed E-state index contributed by atoms with van der Waals surface area (Å²) in [5, 5.41) is 7.91. The molecule has 1 aliphatic carbocycles. The van der Waals surface area contributed by atoms with Crippen molar-refractivity contribution in [2.24, 2.45) is 5.73 Å². The van der Waals surface area contributed by atoms with Crippen LogP contribution in [0.4, 0.5) is 13.2 Å². The number of nitrogens with two attached hydrogens (primary N) is 1. The molecule has 1 aliphatic rings. The Bertz CT molecular complexity index is 494. The molecule has 1 aromatic carbocycles. The molecule has 0 aromatic heterocycles. The Hall–Kier alpha value is -1.17. The number of benzene rings is 1. The molecule has 1 fully saturated rings. The lowest BCUT2D eigenvalue weighted by Crippen LogP contribution is -2.16. The van der Waals surface area contributed by atoms with Gasteiger partial charge in [-0.25, -0.2) is 0 Å². The molecule has 110 valence electrons. The minimum absolute atomic E-state index is 0.190. The third-order valence-electron chi connectivity index (χ3n) is 3.44. The van der Waals surface area contributed by atoms with Crippen molar-refractivity contribution in [3.63, 3.8) is 0 Å². The van der Waals surface area contributed by atoms with Gasteiger partial charge in [-0.05, 0) is 31.0 Å². The largest absolute Gasteiger partial charge is 0.416 e. The zero-order chi connectivity index (χ0) is 14.8. The molecule has 0 bridgehead atoms. The number of amidine groups is 1. The molecule has 2 rings (SSSR count). The van der Waals surface area contributed by atoms with Gasteiger partial charge in [-0.15, -0.1) is 11.8 Å². The molecule has 20 heavy (non-hydrogen) atoms. The molecule has 0 atom stereocenters. The standard InChI is InChI=1S/C14H17F3N2S/c15-14(16,17)9-6-7-12(11(8-9)13(18)19)20-10-4-2-1-3-5-10/h6-8,10H,1-5H2,(H3,18,19). The van der Waals surface area contributed by atoms with Crippen molar-refractivity contribution in [3.8, 4) is 0 Å². The van der Waals surface area contributed by atoms with E-state index in [0.29, 0.717) is 10.1 Å². The number of halogens is 3. The lowest BCUT2D eigenvalue weighted by atomic mass is 10.0. The van der Waals surface area contributed by atoms with Crippen LogP contribution >= 0.6 is 11.8 Å². The predicted octanol–water partition coefficient (Wildman–Crippen LogP) is 4.41. The number of hydrogen-bond acceptors (Lipinski definition) is 2. The van der Waals surface area contributed by atoms with Gasteiger partial charge in [0.25, 0.3) is 0 Å². The second-order valence-corrected chi connectivity index (χ2v) is 6.34. The van der Waals surface area contributed by atoms with Gasteiger partial charge in [0.05, 0.1) is 5.56 Å². The summed E-state index contributed by atoms with van der Waals surface area (Å²) in [6.07, 6.45) is 1.29. The summed E-state index contributed by atoms with van der Waals surface area (Å²) in [4.78, 5) is 0.678. The van der Waals surface area contributed by atoms with Gasteiger partial charge in [0.2, 0.25) is 0 Å². The molecular weight excluding hydrogens is 285 g/mol. The lowest BCUT2D eigenvalue weighted by Gasteiger charge is -2.22. The van der Waals surface area contributed by atoms with Crippen molar-refractivity contribution < 1.29 is 13.2 Å². The topological polar surface area (TPSA) is 49.9 Å². The summed E-state index contributed by atoms with van der Waals surface area (Å²) in [5.74, 6) is -0.311. The highest BCUT2D eigenvalue weighted by Gasteiger charge is 2.31. The molecule has 0 saturated heterocycles. The maximum Gasteiger partial charge on any atom is 0.416 e. The van der Waals surface area contributed by atoms with Crippen LogP contribution in [-0.4, -0.2) is 11.1 Å². The Labute approximate surface area is 120 Å². The van der Waals surface area contributed by atoms with E-state index in [-0.39, 0.29) is 11.4 Å². The van der Waals surface area contributed by atoms with Crippen molar-refractivity contribution in [2.75, 3.05) is 0 Å². The highest BCUT2D eigenvalue weighted by molar-refractivity contribution is 8.00. The summed E-state index contributed by atoms with van der Waals surface area (Å²) in [6.45, 7) is 0. The van der Waals surface area contributed by atoms with E-state index in [1.807, 2.05) is 0 Å². The average molecular weight is 302 g/mol. The zero-order valence-corrected chi connectivity index (χ0v) is 11.8. The number of nitrogens with one attached hydrogen (secondary N) is 1. The highest BCUT2D eigenvalue weighted by Crippen LogP contribution is 2.37. The minimum atomic E-state index is -4.40. The van der Waals surface area contributed by atoms with E-state index in [0.717, 1.165) is 37.8 Å². The van der Waals surface area contributed by atoms with Crippen LogP contribution in [0, 0.1) is 5.41 Å². The second kappa shape index (κ2) is 6.08. The van der Waals surface area contributed by atoms with Crippen LogP contribution in [0.5, 0.6) is 0 Å². The van der Waals surface area contributed by atoms with Gasteiger partial charge >= 0.3 is 6.18 Å². The van der Waals surface area contributed by atoms with Crippen LogP contribution in [0.25, 0.3) is 0 Å². The highest BCUT2D eigenvalue weighted by atomic mass is 32.2. The molecule has 0 heterocycles. The quantitative estimate of drug-likeness (QED) is 0.641. The maximum absolute atomic E-state index is 12.7. The van der Waals surface area contributed by atoms with Gasteiger partial charge in [-0.3, -0.25) is 5.41 Å². The van der Waals surface area contributed by atoms with E-state index in [9.17, 15) is 13.2 Å². The van der Waals surface area contributed by atoms with Crippen LogP contribution in [0.3, 0.4) is 0 Å². The molecule has 0 amide bonds. The summed E-state index contributed by atoms with van der Waals surface area (Å²) in [7, 11) is 0. The Kier molecular flexibility index (Phi) is 4.62. The molecule has 0 aliphatic heterocycles. The van der Waals surface area contributed by atoms with Crippen LogP contribution < -0.4 is 5.73 Å². The summed E-state index contributed by atoms with van der Waals surface area (Å²) >= 11 is 1.55. The number of hydrogen-bond donors (Lipinski definition) is 2. The first-order chi connectivity index (χ1) is 9.38. The van der Waals surface area contributed by atoms with Gasteiger partial charge < -0.3 is 5.73 Å². The Morgan fingerprint density at radius 2 is 1.85 bits per heavy atom. The van der Waals surface area contributed by atoms with Crippen LogP contribution in [0.1, 0.15) is 43.2 Å². The SMILES string of the molecule is N=C(N)c1cc(C(F)(F)F)ccc1SC1CCCCC1. The normalized spacial score (nSPS) is 17.1. The van der Waals surface area contributed by atoms with Crippen molar-refractivity contribution in [2.45, 2.75) is 48.4 Å². The van der Waals surface area contributed by atoms with Gasteiger partial charge in [0.15, 0.2) is 0 Å². The minimum Gasteiger partial charge on any atom is -0.384 e. The molecule has 0 unspecified atom stereocenters. The second-order valence-electron chi connectivity index (χ2n) is 5.00. The fourth-order valence-corrected chi connectivity index (χ4v) is 3.75. The monoisotopic (exact) mass is 302 g/mol. The molecule has 3 N–H and O–H groups in total. The van der Waals surface area contributed by atoms with Gasteiger partial charge in [0.1, 0.15) is 5.84 Å². The third-order valence-corrected chi connectivity index (χ3v) is 4.86. The van der Waals surface area contributed by atoms with Crippen molar-refractivity contribution in [1.29, 1.82) is 5.41 Å². The summed E-state index contributed by atoms with van der Waals surface area (Å²) < 4.78 is 38.1. The van der Waals surface area contributed by atoms with Gasteiger partial charge in [0, 0.05) is 15.7 Å². The first kappa shape index (κ1) is 15.2. The average Bonchev–Trinajstić information content (AvgIpc) is 2.38. The van der Waals surface area contributed by atoms with E-state index in [4.69, 9.17) is 11.1 Å². The smallest absolute Gasteiger partial charge is 0.384 e. The van der Waals surface area contributed by atoms with Crippen LogP contribution in [0.2, 0.25) is 0 Å². The predicted molar refractivity (Wildman–Crippen MR) is 75.2 cm³/mol. The summed E-state index contributed by atoms with van der Waals surface area (Å²) in [6, 6.07) is 3.49. The van der Waals surface area contributed by atoms with Crippen molar-refractivity contribution >= 4 is 17.6 Å². The Morgan fingerprint density at radius 3 is 2.40 bits per heavy atom. The Morgan fingerprint density at radius 1 is 1.20 bits per heavy atom. The first-order valence-electron chi connectivity index (χ1n) is 6.60. The molecule has 2 nitrogen and oxygen atoms in total.